The third kappa shape index (κ3) is 5.66. The molecule has 0 aliphatic rings. The highest BCUT2D eigenvalue weighted by Crippen LogP contribution is 1.83. The van der Waals surface area contributed by atoms with Crippen molar-refractivity contribution in [3.05, 3.63) is 12.3 Å². The Morgan fingerprint density at radius 3 is 1.86 bits per heavy atom. The fraction of sp³-hybridized carbons (Fsp3) is 0.600. The summed E-state index contributed by atoms with van der Waals surface area (Å²) >= 11 is 0. The van der Waals surface area contributed by atoms with Crippen LogP contribution in [0.1, 0.15) is 6.92 Å². The first-order chi connectivity index (χ1) is 3.06. The number of hydrogen-bond acceptors (Lipinski definition) is 1. The van der Waals surface area contributed by atoms with Crippen LogP contribution in [-0.4, -0.2) is 18.7 Å². The first kappa shape index (κ1) is 6.66. The van der Waals surface area contributed by atoms with Crippen LogP contribution in [0.4, 0.5) is 0 Å². The van der Waals surface area contributed by atoms with E-state index in [2.05, 4.69) is 0 Å². The number of hydrogen-bond donors (Lipinski definition) is 1. The lowest BCUT2D eigenvalue weighted by Crippen LogP contribution is -2.40. The third-order valence-corrected chi connectivity index (χ3v) is 0.533. The fourth-order valence-electron chi connectivity index (χ4n) is 0.384. The van der Waals surface area contributed by atoms with Crippen molar-refractivity contribution < 1.29 is 4.59 Å². The maximum atomic E-state index is 5.50. The van der Waals surface area contributed by atoms with Crippen LogP contribution in [-0.2, 0) is 0 Å². The number of allylic oxidation sites excluding steroid dienone is 1. The highest BCUT2D eigenvalue weighted by atomic mass is 15.5. The Balaban J connectivity index is 3.56. The number of nitrogens with zero attached hydrogens (tertiary/aromatic N) is 1. The zero-order valence-electron chi connectivity index (χ0n) is 5.18. The summed E-state index contributed by atoms with van der Waals surface area (Å²) in [6.07, 6.45) is 3.83. The second kappa shape index (κ2) is 2.09. The molecule has 2 nitrogen and oxygen atoms in total. The van der Waals surface area contributed by atoms with Gasteiger partial charge in [-0.1, -0.05) is 0 Å². The second-order valence-electron chi connectivity index (χ2n) is 2.11. The minimum absolute atomic E-state index is 0.413. The summed E-state index contributed by atoms with van der Waals surface area (Å²) < 4.78 is 0.413. The Kier molecular flexibility index (Phi) is 1.99. The van der Waals surface area contributed by atoms with Gasteiger partial charge >= 0.3 is 0 Å². The van der Waals surface area contributed by atoms with Crippen molar-refractivity contribution in [2.45, 2.75) is 6.92 Å². The Hall–Kier alpha value is -0.340. The molecular weight excluding hydrogens is 88.1 g/mol. The first-order valence-electron chi connectivity index (χ1n) is 2.32. The van der Waals surface area contributed by atoms with E-state index in [-0.39, 0.29) is 0 Å². The Morgan fingerprint density at radius 2 is 1.86 bits per heavy atom. The molecule has 0 saturated carbocycles. The molecule has 2 N–H and O–H groups in total. The molecule has 0 aromatic carbocycles. The van der Waals surface area contributed by atoms with E-state index in [1.54, 1.807) is 0 Å². The van der Waals surface area contributed by atoms with Gasteiger partial charge in [-0.3, -0.25) is 0 Å². The molecule has 0 rings (SSSR count). The molecule has 0 spiro atoms. The van der Waals surface area contributed by atoms with Gasteiger partial charge in [0.1, 0.15) is 6.20 Å². The fourth-order valence-corrected chi connectivity index (χ4v) is 0.384. The molecule has 0 aliphatic carbocycles. The van der Waals surface area contributed by atoms with Crippen molar-refractivity contribution in [2.75, 3.05) is 14.1 Å². The van der Waals surface area contributed by atoms with Gasteiger partial charge in [0.25, 0.3) is 0 Å². The van der Waals surface area contributed by atoms with Crippen molar-refractivity contribution in [3.63, 3.8) is 0 Å². The van der Waals surface area contributed by atoms with Gasteiger partial charge in [0.05, 0.1) is 14.1 Å². The summed E-state index contributed by atoms with van der Waals surface area (Å²) in [7, 11) is 3.81. The zero-order chi connectivity index (χ0) is 5.91. The normalized spacial score (nSPS) is 13.1. The first-order valence-corrected chi connectivity index (χ1v) is 2.32. The quantitative estimate of drug-likeness (QED) is 0.290. The monoisotopic (exact) mass is 101 g/mol. The largest absolute Gasteiger partial charge is 0.228 e. The van der Waals surface area contributed by atoms with Crippen molar-refractivity contribution in [1.82, 2.24) is 0 Å². The van der Waals surface area contributed by atoms with Gasteiger partial charge < -0.3 is 0 Å². The summed E-state index contributed by atoms with van der Waals surface area (Å²) in [4.78, 5) is 0. The summed E-state index contributed by atoms with van der Waals surface area (Å²) in [6, 6.07) is 0. The molecule has 42 valence electrons. The number of nitrogens with two attached hydrogens (primary N) is 1. The lowest BCUT2D eigenvalue weighted by molar-refractivity contribution is -0.851. The Labute approximate surface area is 44.8 Å². The molecule has 0 radical (unpaired) electrons. The number of rotatable bonds is 1. The molecule has 0 heterocycles. The van der Waals surface area contributed by atoms with E-state index < -0.39 is 0 Å². The smallest absolute Gasteiger partial charge is 0.110 e. The summed E-state index contributed by atoms with van der Waals surface area (Å²) in [5.74, 6) is 5.50. The van der Waals surface area contributed by atoms with E-state index in [0.29, 0.717) is 4.59 Å². The van der Waals surface area contributed by atoms with E-state index in [1.807, 2.05) is 33.3 Å². The molecule has 0 aromatic rings. The molecule has 0 saturated heterocycles. The van der Waals surface area contributed by atoms with Crippen LogP contribution in [0.25, 0.3) is 0 Å². The third-order valence-electron chi connectivity index (χ3n) is 0.533. The van der Waals surface area contributed by atoms with Crippen molar-refractivity contribution in [1.29, 1.82) is 0 Å². The predicted molar refractivity (Wildman–Crippen MR) is 31.1 cm³/mol. The summed E-state index contributed by atoms with van der Waals surface area (Å²) in [5.41, 5.74) is 0. The van der Waals surface area contributed by atoms with Crippen LogP contribution in [0.5, 0.6) is 0 Å². The molecule has 0 amide bonds. The van der Waals surface area contributed by atoms with Gasteiger partial charge in [-0.15, -0.1) is 0 Å². The molecular formula is C5H13N2+. The molecule has 7 heavy (non-hydrogen) atoms. The summed E-state index contributed by atoms with van der Waals surface area (Å²) in [6.45, 7) is 1.95. The topological polar surface area (TPSA) is 26.0 Å². The average molecular weight is 101 g/mol. The van der Waals surface area contributed by atoms with Crippen LogP contribution in [0.2, 0.25) is 0 Å². The Bertz CT molecular complexity index is 68.6. The van der Waals surface area contributed by atoms with Gasteiger partial charge in [-0.25, -0.2) is 4.59 Å². The van der Waals surface area contributed by atoms with E-state index >= 15 is 0 Å². The maximum Gasteiger partial charge on any atom is 0.110 e. The SMILES string of the molecule is C/C=C\[N+](C)(C)N. The van der Waals surface area contributed by atoms with Crippen LogP contribution in [0, 0.1) is 0 Å². The van der Waals surface area contributed by atoms with E-state index in [4.69, 9.17) is 5.84 Å². The van der Waals surface area contributed by atoms with Gasteiger partial charge in [0.2, 0.25) is 0 Å². The van der Waals surface area contributed by atoms with Crippen molar-refractivity contribution >= 4 is 0 Å². The maximum absolute atomic E-state index is 5.50. The standard InChI is InChI=1S/C5H13N2/c1-4-5-7(2,3)6/h4-5H,6H2,1-3H3/q+1/b5-4-. The lowest BCUT2D eigenvalue weighted by Gasteiger charge is -2.14. The highest BCUT2D eigenvalue weighted by molar-refractivity contribution is 4.63. The molecule has 2 heteroatoms. The van der Waals surface area contributed by atoms with E-state index in [9.17, 15) is 0 Å². The molecule has 0 fully saturated rings. The minimum atomic E-state index is 0.413. The van der Waals surface area contributed by atoms with Gasteiger partial charge in [-0.2, -0.15) is 5.84 Å². The van der Waals surface area contributed by atoms with Crippen LogP contribution >= 0.6 is 0 Å². The molecule has 0 aliphatic heterocycles. The van der Waals surface area contributed by atoms with E-state index in [0.717, 1.165) is 0 Å². The van der Waals surface area contributed by atoms with Gasteiger partial charge in [0, 0.05) is 0 Å². The van der Waals surface area contributed by atoms with E-state index in [1.165, 1.54) is 0 Å². The van der Waals surface area contributed by atoms with Crippen LogP contribution < -0.4 is 5.84 Å². The molecule has 0 atom stereocenters. The summed E-state index contributed by atoms with van der Waals surface area (Å²) in [5, 5.41) is 0. The molecule has 0 unspecified atom stereocenters. The van der Waals surface area contributed by atoms with Crippen LogP contribution in [0.3, 0.4) is 0 Å². The number of quaternary nitrogens is 1. The highest BCUT2D eigenvalue weighted by Gasteiger charge is 1.97. The van der Waals surface area contributed by atoms with Gasteiger partial charge in [-0.05, 0) is 13.0 Å². The minimum Gasteiger partial charge on any atom is -0.228 e. The second-order valence-corrected chi connectivity index (χ2v) is 2.11. The molecule has 0 aromatic heterocycles. The van der Waals surface area contributed by atoms with Gasteiger partial charge in [0.15, 0.2) is 0 Å². The predicted octanol–water partition coefficient (Wildman–Crippen LogP) is 0.470. The average Bonchev–Trinajstić information content (AvgIpc) is 1.30. The Morgan fingerprint density at radius 1 is 1.43 bits per heavy atom. The van der Waals surface area contributed by atoms with Crippen LogP contribution in [0.15, 0.2) is 12.3 Å². The van der Waals surface area contributed by atoms with Crippen molar-refractivity contribution in [3.8, 4) is 0 Å². The zero-order valence-corrected chi connectivity index (χ0v) is 5.18. The lowest BCUT2D eigenvalue weighted by atomic mass is 10.6. The molecule has 0 bridgehead atoms. The van der Waals surface area contributed by atoms with Crippen molar-refractivity contribution in [2.24, 2.45) is 5.84 Å².